The first-order valence-corrected chi connectivity index (χ1v) is 5.63. The van der Waals surface area contributed by atoms with Crippen LogP contribution in [0.1, 0.15) is 26.7 Å². The summed E-state index contributed by atoms with van der Waals surface area (Å²) in [6, 6.07) is 1.50. The van der Waals surface area contributed by atoms with E-state index in [0.717, 1.165) is 6.20 Å². The Bertz CT molecular complexity index is 533. The molecule has 0 radical (unpaired) electrons. The summed E-state index contributed by atoms with van der Waals surface area (Å²) in [4.78, 5) is 3.67. The van der Waals surface area contributed by atoms with Gasteiger partial charge in [-0.3, -0.25) is 4.98 Å². The molecule has 2 rings (SSSR count). The SMILES string of the molecule is CC(C)(C)NCc1nnc(-c2ccncc2F)o1. The van der Waals surface area contributed by atoms with E-state index in [9.17, 15) is 4.39 Å². The normalized spacial score (nSPS) is 11.8. The van der Waals surface area contributed by atoms with Crippen molar-refractivity contribution in [1.82, 2.24) is 20.5 Å². The van der Waals surface area contributed by atoms with Crippen LogP contribution in [0.4, 0.5) is 4.39 Å². The minimum absolute atomic E-state index is 0.0451. The zero-order valence-corrected chi connectivity index (χ0v) is 10.6. The van der Waals surface area contributed by atoms with E-state index in [4.69, 9.17) is 4.42 Å². The zero-order chi connectivity index (χ0) is 13.2. The van der Waals surface area contributed by atoms with E-state index < -0.39 is 5.82 Å². The van der Waals surface area contributed by atoms with Gasteiger partial charge < -0.3 is 9.73 Å². The van der Waals surface area contributed by atoms with Crippen molar-refractivity contribution in [1.29, 1.82) is 0 Å². The maximum Gasteiger partial charge on any atom is 0.250 e. The molecule has 1 N–H and O–H groups in total. The van der Waals surface area contributed by atoms with Gasteiger partial charge >= 0.3 is 0 Å². The average Bonchev–Trinajstić information content (AvgIpc) is 2.75. The molecule has 6 heteroatoms. The minimum atomic E-state index is -0.475. The van der Waals surface area contributed by atoms with Crippen molar-refractivity contribution >= 4 is 0 Å². The maximum absolute atomic E-state index is 13.5. The third-order valence-corrected chi connectivity index (χ3v) is 2.24. The number of nitrogens with zero attached hydrogens (tertiary/aromatic N) is 3. The maximum atomic E-state index is 13.5. The predicted octanol–water partition coefficient (Wildman–Crippen LogP) is 2.16. The largest absolute Gasteiger partial charge is 0.419 e. The highest BCUT2D eigenvalue weighted by Crippen LogP contribution is 2.20. The van der Waals surface area contributed by atoms with Crippen LogP contribution in [-0.2, 0) is 6.54 Å². The molecule has 0 bridgehead atoms. The molecule has 5 nitrogen and oxygen atoms in total. The molecular formula is C12H15FN4O. The summed E-state index contributed by atoms with van der Waals surface area (Å²) in [5.74, 6) is 0.119. The van der Waals surface area contributed by atoms with Crippen LogP contribution in [0, 0.1) is 5.82 Å². The molecule has 0 amide bonds. The van der Waals surface area contributed by atoms with E-state index in [1.54, 1.807) is 0 Å². The topological polar surface area (TPSA) is 63.8 Å². The molecular weight excluding hydrogens is 235 g/mol. The van der Waals surface area contributed by atoms with E-state index in [1.807, 2.05) is 20.8 Å². The summed E-state index contributed by atoms with van der Waals surface area (Å²) in [5.41, 5.74) is 0.218. The molecule has 0 atom stereocenters. The molecule has 2 aromatic heterocycles. The quantitative estimate of drug-likeness (QED) is 0.904. The van der Waals surface area contributed by atoms with E-state index in [-0.39, 0.29) is 17.0 Å². The van der Waals surface area contributed by atoms with E-state index >= 15 is 0 Å². The number of hydrogen-bond donors (Lipinski definition) is 1. The Kier molecular flexibility index (Phi) is 3.38. The molecule has 0 fully saturated rings. The number of aromatic nitrogens is 3. The summed E-state index contributed by atoms with van der Waals surface area (Å²) in [6.07, 6.45) is 2.60. The van der Waals surface area contributed by atoms with E-state index in [0.29, 0.717) is 12.4 Å². The summed E-state index contributed by atoms with van der Waals surface area (Å²) in [7, 11) is 0. The Morgan fingerprint density at radius 2 is 2.11 bits per heavy atom. The number of halogens is 1. The Morgan fingerprint density at radius 3 is 2.78 bits per heavy atom. The standard InChI is InChI=1S/C12H15FN4O/c1-12(2,3)15-7-10-16-17-11(18-10)8-4-5-14-6-9(8)13/h4-6,15H,7H2,1-3H3. The molecule has 0 spiro atoms. The van der Waals surface area contributed by atoms with Crippen molar-refractivity contribution in [2.75, 3.05) is 0 Å². The van der Waals surface area contributed by atoms with Crippen molar-refractivity contribution in [2.24, 2.45) is 0 Å². The monoisotopic (exact) mass is 250 g/mol. The highest BCUT2D eigenvalue weighted by Gasteiger charge is 2.15. The van der Waals surface area contributed by atoms with Crippen molar-refractivity contribution in [2.45, 2.75) is 32.9 Å². The zero-order valence-electron chi connectivity index (χ0n) is 10.6. The van der Waals surface area contributed by atoms with Crippen molar-refractivity contribution in [3.05, 3.63) is 30.2 Å². The highest BCUT2D eigenvalue weighted by atomic mass is 19.1. The molecule has 0 aromatic carbocycles. The molecule has 0 aliphatic carbocycles. The van der Waals surface area contributed by atoms with Crippen LogP contribution in [0.2, 0.25) is 0 Å². The van der Waals surface area contributed by atoms with Gasteiger partial charge in [0.05, 0.1) is 18.3 Å². The lowest BCUT2D eigenvalue weighted by Gasteiger charge is -2.18. The summed E-state index contributed by atoms with van der Waals surface area (Å²) in [6.45, 7) is 6.55. The van der Waals surface area contributed by atoms with E-state index in [1.165, 1.54) is 12.3 Å². The Balaban J connectivity index is 2.14. The third kappa shape index (κ3) is 3.10. The van der Waals surface area contributed by atoms with Gasteiger partial charge in [-0.05, 0) is 26.8 Å². The van der Waals surface area contributed by atoms with Gasteiger partial charge in [-0.1, -0.05) is 0 Å². The van der Waals surface area contributed by atoms with Gasteiger partial charge in [0.25, 0.3) is 5.89 Å². The van der Waals surface area contributed by atoms with Gasteiger partial charge in [0.2, 0.25) is 5.89 Å². The van der Waals surface area contributed by atoms with Crippen LogP contribution < -0.4 is 5.32 Å². The smallest absolute Gasteiger partial charge is 0.250 e. The lowest BCUT2D eigenvalue weighted by Crippen LogP contribution is -2.35. The highest BCUT2D eigenvalue weighted by molar-refractivity contribution is 5.51. The number of nitrogens with one attached hydrogen (secondary N) is 1. The fraction of sp³-hybridized carbons (Fsp3) is 0.417. The first-order valence-electron chi connectivity index (χ1n) is 5.63. The molecule has 0 saturated heterocycles. The van der Waals surface area contributed by atoms with Crippen LogP contribution in [-0.4, -0.2) is 20.7 Å². The van der Waals surface area contributed by atoms with Gasteiger partial charge in [-0.15, -0.1) is 10.2 Å². The van der Waals surface area contributed by atoms with Crippen LogP contribution >= 0.6 is 0 Å². The summed E-state index contributed by atoms with van der Waals surface area (Å²) >= 11 is 0. The molecule has 18 heavy (non-hydrogen) atoms. The third-order valence-electron chi connectivity index (χ3n) is 2.24. The first-order chi connectivity index (χ1) is 8.46. The van der Waals surface area contributed by atoms with E-state index in [2.05, 4.69) is 20.5 Å². The van der Waals surface area contributed by atoms with Crippen molar-refractivity contribution in [3.63, 3.8) is 0 Å². The molecule has 96 valence electrons. The van der Waals surface area contributed by atoms with Crippen LogP contribution in [0.25, 0.3) is 11.5 Å². The van der Waals surface area contributed by atoms with Gasteiger partial charge in [0.1, 0.15) is 0 Å². The van der Waals surface area contributed by atoms with Crippen molar-refractivity contribution in [3.8, 4) is 11.5 Å². The average molecular weight is 250 g/mol. The predicted molar refractivity (Wildman–Crippen MR) is 64.1 cm³/mol. The molecule has 2 heterocycles. The fourth-order valence-electron chi connectivity index (χ4n) is 1.32. The number of hydrogen-bond acceptors (Lipinski definition) is 5. The van der Waals surface area contributed by atoms with Crippen LogP contribution in [0.5, 0.6) is 0 Å². The molecule has 0 saturated carbocycles. The first kappa shape index (κ1) is 12.6. The van der Waals surface area contributed by atoms with Gasteiger partial charge in [0.15, 0.2) is 5.82 Å². The lowest BCUT2D eigenvalue weighted by molar-refractivity contribution is 0.383. The molecule has 2 aromatic rings. The second-order valence-corrected chi connectivity index (χ2v) is 4.96. The van der Waals surface area contributed by atoms with Crippen LogP contribution in [0.15, 0.2) is 22.9 Å². The number of pyridine rings is 1. The van der Waals surface area contributed by atoms with Gasteiger partial charge in [-0.25, -0.2) is 4.39 Å². The summed E-state index contributed by atoms with van der Waals surface area (Å²) < 4.78 is 18.8. The molecule has 0 aliphatic rings. The lowest BCUT2D eigenvalue weighted by atomic mass is 10.1. The van der Waals surface area contributed by atoms with Gasteiger partial charge in [-0.2, -0.15) is 0 Å². The van der Waals surface area contributed by atoms with Crippen LogP contribution in [0.3, 0.4) is 0 Å². The molecule has 0 unspecified atom stereocenters. The fourth-order valence-corrected chi connectivity index (χ4v) is 1.32. The summed E-state index contributed by atoms with van der Waals surface area (Å²) in [5, 5.41) is 10.9. The Labute approximate surface area is 104 Å². The Hall–Kier alpha value is -1.82. The molecule has 0 aliphatic heterocycles. The van der Waals surface area contributed by atoms with Crippen molar-refractivity contribution < 1.29 is 8.81 Å². The Morgan fingerprint density at radius 1 is 1.33 bits per heavy atom. The second kappa shape index (κ2) is 4.81. The minimum Gasteiger partial charge on any atom is -0.419 e. The second-order valence-electron chi connectivity index (χ2n) is 4.96. The number of rotatable bonds is 3. The van der Waals surface area contributed by atoms with Gasteiger partial charge in [0, 0.05) is 11.7 Å².